The Balaban J connectivity index is 2.03. The highest BCUT2D eigenvalue weighted by Crippen LogP contribution is 2.27. The first kappa shape index (κ1) is 15.3. The molecule has 2 aromatic rings. The van der Waals surface area contributed by atoms with Crippen LogP contribution in [0.25, 0.3) is 0 Å². The normalized spacial score (nSPS) is 10.6. The lowest BCUT2D eigenvalue weighted by Crippen LogP contribution is -2.21. The first-order valence-corrected chi connectivity index (χ1v) is 8.45. The highest BCUT2D eigenvalue weighted by atomic mass is 79.9. The smallest absolute Gasteiger partial charge is 0.185 e. The molecule has 0 aliphatic carbocycles. The summed E-state index contributed by atoms with van der Waals surface area (Å²) in [6.45, 7) is 9.22. The van der Waals surface area contributed by atoms with Crippen LogP contribution < -0.4 is 10.2 Å². The van der Waals surface area contributed by atoms with Crippen molar-refractivity contribution in [3.63, 3.8) is 0 Å². The predicted molar refractivity (Wildman–Crippen MR) is 91.9 cm³/mol. The van der Waals surface area contributed by atoms with Gasteiger partial charge in [0.1, 0.15) is 0 Å². The standard InChI is InChI=1S/C15H20BrN3S/c1-4-19(5-2)15-18-10-12(20-15)9-17-13-8-6-7-11(3)14(13)16/h6-8,10,17H,4-5,9H2,1-3H3. The Morgan fingerprint density at radius 2 is 2.05 bits per heavy atom. The van der Waals surface area contributed by atoms with Crippen molar-refractivity contribution in [2.24, 2.45) is 0 Å². The maximum Gasteiger partial charge on any atom is 0.185 e. The van der Waals surface area contributed by atoms with Crippen LogP contribution in [0.2, 0.25) is 0 Å². The first-order chi connectivity index (χ1) is 9.65. The molecule has 0 aliphatic heterocycles. The maximum atomic E-state index is 4.50. The van der Waals surface area contributed by atoms with Gasteiger partial charge in [-0.15, -0.1) is 11.3 Å². The number of hydrogen-bond acceptors (Lipinski definition) is 4. The van der Waals surface area contributed by atoms with Crippen molar-refractivity contribution >= 4 is 38.1 Å². The average Bonchev–Trinajstić information content (AvgIpc) is 2.91. The molecule has 5 heteroatoms. The summed E-state index contributed by atoms with van der Waals surface area (Å²) in [6, 6.07) is 6.25. The van der Waals surface area contributed by atoms with E-state index in [1.165, 1.54) is 10.4 Å². The molecule has 3 nitrogen and oxygen atoms in total. The number of benzene rings is 1. The third-order valence-electron chi connectivity index (χ3n) is 3.22. The summed E-state index contributed by atoms with van der Waals surface area (Å²) in [5.74, 6) is 0. The first-order valence-electron chi connectivity index (χ1n) is 6.84. The Labute approximate surface area is 133 Å². The topological polar surface area (TPSA) is 28.2 Å². The summed E-state index contributed by atoms with van der Waals surface area (Å²) in [4.78, 5) is 8.03. The number of nitrogens with one attached hydrogen (secondary N) is 1. The van der Waals surface area contributed by atoms with Gasteiger partial charge < -0.3 is 10.2 Å². The molecule has 0 unspecified atom stereocenters. The molecule has 1 aromatic heterocycles. The van der Waals surface area contributed by atoms with E-state index in [1.807, 2.05) is 6.20 Å². The van der Waals surface area contributed by atoms with Crippen molar-refractivity contribution in [1.82, 2.24) is 4.98 Å². The van der Waals surface area contributed by atoms with Crippen molar-refractivity contribution in [2.75, 3.05) is 23.3 Å². The van der Waals surface area contributed by atoms with E-state index >= 15 is 0 Å². The van der Waals surface area contributed by atoms with Gasteiger partial charge in [0.05, 0.1) is 6.54 Å². The number of anilines is 2. The predicted octanol–water partition coefficient (Wildman–Crippen LogP) is 4.67. The molecule has 1 N–H and O–H groups in total. The van der Waals surface area contributed by atoms with Gasteiger partial charge in [-0.1, -0.05) is 12.1 Å². The Kier molecular flexibility index (Phi) is 5.43. The van der Waals surface area contributed by atoms with E-state index < -0.39 is 0 Å². The third kappa shape index (κ3) is 3.52. The van der Waals surface area contributed by atoms with E-state index in [-0.39, 0.29) is 0 Å². The second-order valence-electron chi connectivity index (χ2n) is 4.57. The molecule has 0 fully saturated rings. The Bertz CT molecular complexity index is 564. The number of rotatable bonds is 6. The molecule has 0 spiro atoms. The molecule has 0 radical (unpaired) electrons. The van der Waals surface area contributed by atoms with Crippen molar-refractivity contribution in [3.8, 4) is 0 Å². The van der Waals surface area contributed by atoms with E-state index in [1.54, 1.807) is 11.3 Å². The SMILES string of the molecule is CCN(CC)c1ncc(CNc2cccc(C)c2Br)s1. The number of nitrogens with zero attached hydrogens (tertiary/aromatic N) is 2. The quantitative estimate of drug-likeness (QED) is 0.817. The van der Waals surface area contributed by atoms with Crippen LogP contribution in [-0.4, -0.2) is 18.1 Å². The number of aryl methyl sites for hydroxylation is 1. The van der Waals surface area contributed by atoms with Gasteiger partial charge in [-0.2, -0.15) is 0 Å². The van der Waals surface area contributed by atoms with Crippen LogP contribution in [0, 0.1) is 6.92 Å². The molecule has 0 saturated heterocycles. The van der Waals surface area contributed by atoms with Crippen LogP contribution in [0.5, 0.6) is 0 Å². The van der Waals surface area contributed by atoms with Crippen molar-refractivity contribution in [1.29, 1.82) is 0 Å². The highest BCUT2D eigenvalue weighted by molar-refractivity contribution is 9.10. The zero-order valence-electron chi connectivity index (χ0n) is 12.1. The van der Waals surface area contributed by atoms with Crippen LogP contribution >= 0.6 is 27.3 Å². The van der Waals surface area contributed by atoms with Crippen molar-refractivity contribution < 1.29 is 0 Å². The van der Waals surface area contributed by atoms with Crippen LogP contribution in [0.3, 0.4) is 0 Å². The van der Waals surface area contributed by atoms with Gasteiger partial charge in [0.2, 0.25) is 0 Å². The Morgan fingerprint density at radius 3 is 2.75 bits per heavy atom. The lowest BCUT2D eigenvalue weighted by Gasteiger charge is -2.16. The zero-order chi connectivity index (χ0) is 14.5. The lowest BCUT2D eigenvalue weighted by atomic mass is 10.2. The van der Waals surface area contributed by atoms with Gasteiger partial charge in [-0.3, -0.25) is 0 Å². The van der Waals surface area contributed by atoms with E-state index in [0.29, 0.717) is 0 Å². The molecule has 0 amide bonds. The largest absolute Gasteiger partial charge is 0.379 e. The molecule has 2 rings (SSSR count). The number of aromatic nitrogens is 1. The summed E-state index contributed by atoms with van der Waals surface area (Å²) in [6.07, 6.45) is 1.97. The van der Waals surface area contributed by atoms with Gasteiger partial charge >= 0.3 is 0 Å². The molecular formula is C15H20BrN3S. The third-order valence-corrected chi connectivity index (χ3v) is 5.33. The molecule has 0 bridgehead atoms. The Hall–Kier alpha value is -1.07. The zero-order valence-corrected chi connectivity index (χ0v) is 14.5. The van der Waals surface area contributed by atoms with Crippen molar-refractivity contribution in [2.45, 2.75) is 27.3 Å². The van der Waals surface area contributed by atoms with Crippen LogP contribution in [0.1, 0.15) is 24.3 Å². The van der Waals surface area contributed by atoms with Crippen LogP contribution in [0.15, 0.2) is 28.9 Å². The van der Waals surface area contributed by atoms with Crippen LogP contribution in [-0.2, 0) is 6.54 Å². The molecule has 20 heavy (non-hydrogen) atoms. The second kappa shape index (κ2) is 7.09. The van der Waals surface area contributed by atoms with E-state index in [9.17, 15) is 0 Å². The fraction of sp³-hybridized carbons (Fsp3) is 0.400. The lowest BCUT2D eigenvalue weighted by molar-refractivity contribution is 0.860. The molecule has 0 aliphatic rings. The summed E-state index contributed by atoms with van der Waals surface area (Å²) >= 11 is 5.38. The van der Waals surface area contributed by atoms with E-state index in [4.69, 9.17) is 0 Å². The minimum Gasteiger partial charge on any atom is -0.379 e. The second-order valence-corrected chi connectivity index (χ2v) is 6.46. The molecule has 0 saturated carbocycles. The highest BCUT2D eigenvalue weighted by Gasteiger charge is 2.08. The number of halogens is 1. The summed E-state index contributed by atoms with van der Waals surface area (Å²) in [5.41, 5.74) is 2.37. The van der Waals surface area contributed by atoms with Crippen molar-refractivity contribution in [3.05, 3.63) is 39.3 Å². The van der Waals surface area contributed by atoms with Gasteiger partial charge in [-0.25, -0.2) is 4.98 Å². The molecule has 108 valence electrons. The van der Waals surface area contributed by atoms with Gasteiger partial charge in [0.15, 0.2) is 5.13 Å². The molecule has 1 heterocycles. The fourth-order valence-electron chi connectivity index (χ4n) is 1.99. The molecular weight excluding hydrogens is 334 g/mol. The van der Waals surface area contributed by atoms with Crippen LogP contribution in [0.4, 0.5) is 10.8 Å². The maximum absolute atomic E-state index is 4.50. The minimum absolute atomic E-state index is 0.807. The molecule has 1 aromatic carbocycles. The van der Waals surface area contributed by atoms with Gasteiger partial charge in [0.25, 0.3) is 0 Å². The number of thiazole rings is 1. The summed E-state index contributed by atoms with van der Waals surface area (Å²) < 4.78 is 1.13. The monoisotopic (exact) mass is 353 g/mol. The minimum atomic E-state index is 0.807. The molecule has 0 atom stereocenters. The van der Waals surface area contributed by atoms with Gasteiger partial charge in [0, 0.05) is 34.3 Å². The van der Waals surface area contributed by atoms with E-state index in [0.717, 1.165) is 34.9 Å². The average molecular weight is 354 g/mol. The van der Waals surface area contributed by atoms with E-state index in [2.05, 4.69) is 70.1 Å². The Morgan fingerprint density at radius 1 is 1.30 bits per heavy atom. The van der Waals surface area contributed by atoms with Gasteiger partial charge in [-0.05, 0) is 48.3 Å². The number of hydrogen-bond donors (Lipinski definition) is 1. The summed E-state index contributed by atoms with van der Waals surface area (Å²) in [7, 11) is 0. The fourth-order valence-corrected chi connectivity index (χ4v) is 3.37. The summed E-state index contributed by atoms with van der Waals surface area (Å²) in [5, 5.41) is 4.57.